The number of nitro benzene ring substituents is 1. The minimum atomic E-state index is -0.500. The lowest BCUT2D eigenvalue weighted by atomic mass is 9.94. The summed E-state index contributed by atoms with van der Waals surface area (Å²) in [6.45, 7) is 1.91. The first kappa shape index (κ1) is 24.3. The third-order valence-corrected chi connectivity index (χ3v) is 7.49. The van der Waals surface area contributed by atoms with Crippen molar-refractivity contribution in [1.82, 2.24) is 9.88 Å². The van der Waals surface area contributed by atoms with Crippen LogP contribution >= 0.6 is 23.4 Å². The van der Waals surface area contributed by atoms with E-state index in [2.05, 4.69) is 4.98 Å². The van der Waals surface area contributed by atoms with Gasteiger partial charge >= 0.3 is 0 Å². The minimum absolute atomic E-state index is 0.0929. The molecule has 3 heterocycles. The lowest BCUT2D eigenvalue weighted by molar-refractivity contribution is -0.384. The third kappa shape index (κ3) is 5.08. The topological polar surface area (TPSA) is 102 Å². The fourth-order valence-electron chi connectivity index (χ4n) is 4.44. The van der Waals surface area contributed by atoms with Crippen LogP contribution in [0.25, 0.3) is 17.4 Å². The van der Waals surface area contributed by atoms with Crippen molar-refractivity contribution in [2.24, 2.45) is 4.99 Å². The molecule has 0 radical (unpaired) electrons. The molecule has 36 heavy (non-hydrogen) atoms. The fourth-order valence-corrected chi connectivity index (χ4v) is 5.73. The van der Waals surface area contributed by atoms with E-state index in [0.29, 0.717) is 33.0 Å². The largest absolute Gasteiger partial charge is 0.457 e. The zero-order chi connectivity index (χ0) is 25.2. The fraction of sp³-hybridized carbons (Fsp3) is 0.269. The first-order valence-electron chi connectivity index (χ1n) is 11.7. The number of hydrogen-bond donors (Lipinski definition) is 0. The number of carbonyl (C=O) groups excluding carboxylic acids is 1. The van der Waals surface area contributed by atoms with Gasteiger partial charge in [-0.3, -0.25) is 19.8 Å². The van der Waals surface area contributed by atoms with Crippen molar-refractivity contribution in [2.75, 3.05) is 0 Å². The molecule has 184 valence electrons. The number of nitrogens with zero attached hydrogens (tertiary/aromatic N) is 4. The Balaban J connectivity index is 1.46. The number of aliphatic imine (C=N–C) groups is 1. The number of furan rings is 1. The number of benzene rings is 1. The van der Waals surface area contributed by atoms with E-state index in [-0.39, 0.29) is 22.7 Å². The Hall–Kier alpha value is -3.43. The smallest absolute Gasteiger partial charge is 0.270 e. The number of hydrogen-bond acceptors (Lipinski definition) is 7. The molecular formula is C26H23ClN4O4S. The van der Waals surface area contributed by atoms with Crippen molar-refractivity contribution in [1.29, 1.82) is 0 Å². The highest BCUT2D eigenvalue weighted by molar-refractivity contribution is 8.18. The molecule has 2 aliphatic rings. The lowest BCUT2D eigenvalue weighted by Crippen LogP contribution is -2.40. The van der Waals surface area contributed by atoms with Gasteiger partial charge in [0, 0.05) is 35.5 Å². The van der Waals surface area contributed by atoms with Gasteiger partial charge in [-0.05, 0) is 61.9 Å². The summed E-state index contributed by atoms with van der Waals surface area (Å²) in [5.74, 6) is 1.41. The molecule has 8 nitrogen and oxygen atoms in total. The number of amidine groups is 1. The van der Waals surface area contributed by atoms with E-state index in [1.165, 1.54) is 30.3 Å². The van der Waals surface area contributed by atoms with E-state index in [1.807, 2.05) is 30.0 Å². The summed E-state index contributed by atoms with van der Waals surface area (Å²) in [6, 6.07) is 13.4. The molecule has 0 spiro atoms. The molecule has 1 aliphatic heterocycles. The maximum Gasteiger partial charge on any atom is 0.270 e. The zero-order valence-electron chi connectivity index (χ0n) is 19.5. The normalized spacial score (nSPS) is 18.9. The van der Waals surface area contributed by atoms with Crippen LogP contribution in [0.4, 0.5) is 11.5 Å². The number of nitro groups is 1. The molecule has 0 N–H and O–H groups in total. The quantitative estimate of drug-likeness (QED) is 0.200. The predicted octanol–water partition coefficient (Wildman–Crippen LogP) is 7.15. The molecule has 1 saturated heterocycles. The number of halogens is 1. The van der Waals surface area contributed by atoms with E-state index >= 15 is 0 Å². The number of rotatable bonds is 5. The van der Waals surface area contributed by atoms with Crippen LogP contribution < -0.4 is 0 Å². The van der Waals surface area contributed by atoms with Crippen molar-refractivity contribution < 1.29 is 14.1 Å². The first-order valence-corrected chi connectivity index (χ1v) is 12.9. The van der Waals surface area contributed by atoms with Gasteiger partial charge in [0.25, 0.3) is 11.6 Å². The average molecular weight is 523 g/mol. The van der Waals surface area contributed by atoms with E-state index in [9.17, 15) is 14.9 Å². The number of aromatic nitrogens is 1. The van der Waals surface area contributed by atoms with Crippen molar-refractivity contribution >= 4 is 52.0 Å². The molecular weight excluding hydrogens is 500 g/mol. The van der Waals surface area contributed by atoms with E-state index in [4.69, 9.17) is 21.0 Å². The molecule has 5 rings (SSSR count). The molecule has 1 amide bonds. The number of aryl methyl sites for hydroxylation is 1. The number of thioether (sulfide) groups is 1. The molecule has 0 atom stereocenters. The molecule has 2 fully saturated rings. The number of pyridine rings is 1. The van der Waals surface area contributed by atoms with Crippen LogP contribution in [0.2, 0.25) is 5.02 Å². The van der Waals surface area contributed by atoms with Gasteiger partial charge in [-0.1, -0.05) is 36.9 Å². The van der Waals surface area contributed by atoms with Crippen LogP contribution in [-0.2, 0) is 4.79 Å². The molecule has 2 aromatic heterocycles. The van der Waals surface area contributed by atoms with Gasteiger partial charge in [0.1, 0.15) is 11.5 Å². The molecule has 1 saturated carbocycles. The van der Waals surface area contributed by atoms with E-state index in [0.717, 1.165) is 31.4 Å². The Morgan fingerprint density at radius 3 is 2.72 bits per heavy atom. The Labute approximate surface area is 217 Å². The summed E-state index contributed by atoms with van der Waals surface area (Å²) in [5, 5.41) is 11.8. The second-order valence-electron chi connectivity index (χ2n) is 8.73. The van der Waals surface area contributed by atoms with Crippen LogP contribution in [0.1, 0.15) is 43.6 Å². The summed E-state index contributed by atoms with van der Waals surface area (Å²) in [4.78, 5) is 35.6. The zero-order valence-corrected chi connectivity index (χ0v) is 21.1. The van der Waals surface area contributed by atoms with Crippen LogP contribution in [0.3, 0.4) is 0 Å². The first-order chi connectivity index (χ1) is 17.4. The van der Waals surface area contributed by atoms with Crippen molar-refractivity contribution in [3.8, 4) is 11.3 Å². The minimum Gasteiger partial charge on any atom is -0.457 e. The van der Waals surface area contributed by atoms with Crippen LogP contribution in [0.15, 0.2) is 62.8 Å². The Kier molecular flexibility index (Phi) is 6.93. The van der Waals surface area contributed by atoms with Gasteiger partial charge in [-0.15, -0.1) is 0 Å². The number of non-ortho nitro benzene ring substituents is 1. The Morgan fingerprint density at radius 1 is 1.19 bits per heavy atom. The SMILES string of the molecule is Cc1cccc(/N=C2/S/C(=C/c3ccc(-c4ccc([N+](=O)[O-])cc4Cl)o3)C(=O)N2C2CCCCC2)n1. The summed E-state index contributed by atoms with van der Waals surface area (Å²) in [6.07, 6.45) is 6.96. The number of amides is 1. The Morgan fingerprint density at radius 2 is 2.00 bits per heavy atom. The van der Waals surface area contributed by atoms with Gasteiger partial charge in [-0.25, -0.2) is 9.98 Å². The second-order valence-corrected chi connectivity index (χ2v) is 10.1. The summed E-state index contributed by atoms with van der Waals surface area (Å²) in [5.41, 5.74) is 1.30. The van der Waals surface area contributed by atoms with Crippen molar-refractivity contribution in [3.05, 3.63) is 80.0 Å². The standard InChI is InChI=1S/C26H23ClN4O4S/c1-16-6-5-9-24(28-16)29-26-30(17-7-3-2-4-8-17)25(32)23(36-26)15-19-11-13-22(35-19)20-12-10-18(31(33)34)14-21(20)27/h5-6,9-15,17H,2-4,7-8H2,1H3/b23-15+,29-26+. The average Bonchev–Trinajstić information content (AvgIpc) is 3.44. The molecule has 0 unspecified atom stereocenters. The van der Waals surface area contributed by atoms with Gasteiger partial charge in [-0.2, -0.15) is 0 Å². The lowest BCUT2D eigenvalue weighted by Gasteiger charge is -2.30. The summed E-state index contributed by atoms with van der Waals surface area (Å²) < 4.78 is 5.94. The van der Waals surface area contributed by atoms with Crippen LogP contribution in [-0.4, -0.2) is 31.9 Å². The highest BCUT2D eigenvalue weighted by atomic mass is 35.5. The van der Waals surface area contributed by atoms with Crippen LogP contribution in [0, 0.1) is 17.0 Å². The highest BCUT2D eigenvalue weighted by Gasteiger charge is 2.39. The molecule has 0 bridgehead atoms. The Bertz CT molecular complexity index is 1390. The molecule has 1 aromatic carbocycles. The van der Waals surface area contributed by atoms with Gasteiger partial charge < -0.3 is 4.42 Å². The molecule has 3 aromatic rings. The van der Waals surface area contributed by atoms with Gasteiger partial charge in [0.2, 0.25) is 0 Å². The van der Waals surface area contributed by atoms with E-state index < -0.39 is 4.92 Å². The summed E-state index contributed by atoms with van der Waals surface area (Å²) >= 11 is 7.57. The maximum absolute atomic E-state index is 13.5. The van der Waals surface area contributed by atoms with Gasteiger partial charge in [0.05, 0.1) is 14.9 Å². The molecule has 10 heteroatoms. The highest BCUT2D eigenvalue weighted by Crippen LogP contribution is 2.39. The van der Waals surface area contributed by atoms with Crippen molar-refractivity contribution in [3.63, 3.8) is 0 Å². The second kappa shape index (κ2) is 10.3. The molecule has 1 aliphatic carbocycles. The third-order valence-electron chi connectivity index (χ3n) is 6.19. The van der Waals surface area contributed by atoms with Crippen molar-refractivity contribution in [2.45, 2.75) is 45.1 Å². The monoisotopic (exact) mass is 522 g/mol. The summed E-state index contributed by atoms with van der Waals surface area (Å²) in [7, 11) is 0. The van der Waals surface area contributed by atoms with Crippen LogP contribution in [0.5, 0.6) is 0 Å². The van der Waals surface area contributed by atoms with E-state index in [1.54, 1.807) is 24.3 Å². The maximum atomic E-state index is 13.5. The van der Waals surface area contributed by atoms with Gasteiger partial charge in [0.15, 0.2) is 11.0 Å². The number of carbonyl (C=O) groups is 1. The predicted molar refractivity (Wildman–Crippen MR) is 141 cm³/mol.